The second-order valence-corrected chi connectivity index (χ2v) is 9.81. The summed E-state index contributed by atoms with van der Waals surface area (Å²) in [5.41, 5.74) is 7.39. The van der Waals surface area contributed by atoms with Gasteiger partial charge >= 0.3 is 5.97 Å². The van der Waals surface area contributed by atoms with E-state index in [9.17, 15) is 14.4 Å². The van der Waals surface area contributed by atoms with Crippen molar-refractivity contribution in [2.24, 2.45) is 5.73 Å². The van der Waals surface area contributed by atoms with Crippen LogP contribution in [0.2, 0.25) is 0 Å². The molecule has 0 fully saturated rings. The summed E-state index contributed by atoms with van der Waals surface area (Å²) in [7, 11) is 0. The normalized spacial score (nSPS) is 12.0. The maximum absolute atomic E-state index is 12.8. The summed E-state index contributed by atoms with van der Waals surface area (Å²) in [5, 5.41) is 21.9. The van der Waals surface area contributed by atoms with Crippen molar-refractivity contribution in [3.05, 3.63) is 70.8 Å². The standard InChI is InChI=1S/C25H33N5O5S/c1-25(2,3)35-14-20(30-36-15-17-5-4-6-19(11-17)24(33)34)23(32)29-13-21(31)28-12-16-7-9-18(10-8-16)22(26)27/h4-11,20,30H,12-15H2,1-3H3,(H3,26,27)(H,28,31)(H,29,32)(H,33,34)/t20-/m1/s1. The summed E-state index contributed by atoms with van der Waals surface area (Å²) >= 11 is 1.25. The van der Waals surface area contributed by atoms with E-state index in [4.69, 9.17) is 21.0 Å². The second-order valence-electron chi connectivity index (χ2n) is 8.99. The van der Waals surface area contributed by atoms with E-state index in [-0.39, 0.29) is 37.0 Å². The van der Waals surface area contributed by atoms with Gasteiger partial charge in [0.1, 0.15) is 11.9 Å². The number of amidine groups is 1. The van der Waals surface area contributed by atoms with Crippen LogP contribution in [0.25, 0.3) is 0 Å². The first-order chi connectivity index (χ1) is 16.9. The number of benzene rings is 2. The number of carbonyl (C=O) groups excluding carboxylic acids is 2. The van der Waals surface area contributed by atoms with Gasteiger partial charge in [-0.1, -0.05) is 48.3 Å². The van der Waals surface area contributed by atoms with Crippen molar-refractivity contribution in [2.75, 3.05) is 13.2 Å². The Morgan fingerprint density at radius 2 is 1.75 bits per heavy atom. The number of hydrogen-bond acceptors (Lipinski definition) is 7. The molecule has 36 heavy (non-hydrogen) atoms. The lowest BCUT2D eigenvalue weighted by molar-refractivity contribution is -0.129. The van der Waals surface area contributed by atoms with Crippen molar-refractivity contribution >= 4 is 35.6 Å². The predicted molar refractivity (Wildman–Crippen MR) is 140 cm³/mol. The summed E-state index contributed by atoms with van der Waals surface area (Å²) in [5.74, 6) is -1.35. The molecule has 0 heterocycles. The Hall–Kier alpha value is -3.41. The molecular formula is C25H33N5O5S. The van der Waals surface area contributed by atoms with Gasteiger partial charge in [0.2, 0.25) is 11.8 Å². The van der Waals surface area contributed by atoms with E-state index in [0.29, 0.717) is 11.3 Å². The number of nitrogen functional groups attached to an aromatic ring is 1. The zero-order valence-electron chi connectivity index (χ0n) is 20.6. The molecule has 2 aromatic rings. The third-order valence-corrected chi connectivity index (χ3v) is 5.74. The highest BCUT2D eigenvalue weighted by Gasteiger charge is 2.22. The minimum atomic E-state index is -1.00. The zero-order chi connectivity index (χ0) is 26.7. The monoisotopic (exact) mass is 515 g/mol. The third-order valence-electron chi connectivity index (χ3n) is 4.82. The van der Waals surface area contributed by atoms with Gasteiger partial charge in [0.05, 0.1) is 24.3 Å². The van der Waals surface area contributed by atoms with Gasteiger partial charge in [-0.3, -0.25) is 15.0 Å². The number of ether oxygens (including phenoxy) is 1. The van der Waals surface area contributed by atoms with E-state index in [1.54, 1.807) is 42.5 Å². The van der Waals surface area contributed by atoms with Crippen LogP contribution in [0.1, 0.15) is 47.8 Å². The van der Waals surface area contributed by atoms with Crippen LogP contribution in [-0.4, -0.2) is 53.5 Å². The van der Waals surface area contributed by atoms with E-state index in [1.165, 1.54) is 18.0 Å². The lowest BCUT2D eigenvalue weighted by Gasteiger charge is -2.24. The quantitative estimate of drug-likeness (QED) is 0.134. The first-order valence-electron chi connectivity index (χ1n) is 11.3. The number of nitrogens with one attached hydrogen (secondary N) is 4. The summed E-state index contributed by atoms with van der Waals surface area (Å²) in [6.45, 7) is 5.78. The number of hydrogen-bond donors (Lipinski definition) is 6. The number of nitrogens with two attached hydrogens (primary N) is 1. The Balaban J connectivity index is 1.86. The molecule has 11 heteroatoms. The molecule has 1 atom stereocenters. The average molecular weight is 516 g/mol. The van der Waals surface area contributed by atoms with Crippen molar-refractivity contribution in [1.82, 2.24) is 15.4 Å². The highest BCUT2D eigenvalue weighted by Crippen LogP contribution is 2.14. The molecule has 2 rings (SSSR count). The van der Waals surface area contributed by atoms with Gasteiger partial charge in [-0.25, -0.2) is 9.52 Å². The van der Waals surface area contributed by atoms with Gasteiger partial charge in [-0.2, -0.15) is 0 Å². The molecule has 0 saturated carbocycles. The van der Waals surface area contributed by atoms with Crippen LogP contribution in [0.15, 0.2) is 48.5 Å². The SMILES string of the molecule is CC(C)(C)OC[C@@H](NSCc1cccc(C(=O)O)c1)C(=O)NCC(=O)NCc1ccc(C(=N)N)cc1. The molecule has 0 spiro atoms. The number of carbonyl (C=O) groups is 3. The minimum absolute atomic E-state index is 0.0288. The molecule has 194 valence electrons. The smallest absolute Gasteiger partial charge is 0.335 e. The maximum Gasteiger partial charge on any atom is 0.335 e. The fraction of sp³-hybridized carbons (Fsp3) is 0.360. The number of amides is 2. The Kier molecular flexibility index (Phi) is 10.9. The Morgan fingerprint density at radius 3 is 2.36 bits per heavy atom. The molecule has 10 nitrogen and oxygen atoms in total. The van der Waals surface area contributed by atoms with Crippen LogP contribution in [0.3, 0.4) is 0 Å². The lowest BCUT2D eigenvalue weighted by Crippen LogP contribution is -2.48. The summed E-state index contributed by atoms with van der Waals surface area (Å²) < 4.78 is 8.82. The zero-order valence-corrected chi connectivity index (χ0v) is 21.4. The van der Waals surface area contributed by atoms with Crippen molar-refractivity contribution in [3.8, 4) is 0 Å². The van der Waals surface area contributed by atoms with Crippen LogP contribution < -0.4 is 21.1 Å². The fourth-order valence-electron chi connectivity index (χ4n) is 2.87. The fourth-order valence-corrected chi connectivity index (χ4v) is 3.68. The second kappa shape index (κ2) is 13.6. The molecule has 0 saturated heterocycles. The molecule has 2 aromatic carbocycles. The first-order valence-corrected chi connectivity index (χ1v) is 12.2. The highest BCUT2D eigenvalue weighted by atomic mass is 32.2. The van der Waals surface area contributed by atoms with E-state index in [2.05, 4.69) is 15.4 Å². The van der Waals surface area contributed by atoms with Gasteiger partial charge in [-0.15, -0.1) is 0 Å². The van der Waals surface area contributed by atoms with Crippen molar-refractivity contribution in [3.63, 3.8) is 0 Å². The average Bonchev–Trinajstić information content (AvgIpc) is 2.83. The Morgan fingerprint density at radius 1 is 1.06 bits per heavy atom. The van der Waals surface area contributed by atoms with E-state index in [0.717, 1.165) is 11.1 Å². The molecule has 0 aromatic heterocycles. The van der Waals surface area contributed by atoms with Crippen molar-refractivity contribution in [2.45, 2.75) is 44.7 Å². The molecule has 0 radical (unpaired) electrons. The number of aromatic carboxylic acids is 1. The van der Waals surface area contributed by atoms with Crippen LogP contribution >= 0.6 is 11.9 Å². The molecule has 0 unspecified atom stereocenters. The minimum Gasteiger partial charge on any atom is -0.478 e. The van der Waals surface area contributed by atoms with Gasteiger partial charge < -0.3 is 26.2 Å². The van der Waals surface area contributed by atoms with E-state index in [1.807, 2.05) is 20.8 Å². The highest BCUT2D eigenvalue weighted by molar-refractivity contribution is 7.96. The number of carboxylic acids is 1. The number of carboxylic acid groups (broad SMARTS) is 1. The molecule has 0 aliphatic rings. The van der Waals surface area contributed by atoms with Crippen LogP contribution in [-0.2, 0) is 26.6 Å². The molecule has 0 bridgehead atoms. The summed E-state index contributed by atoms with van der Waals surface area (Å²) in [6, 6.07) is 12.8. The lowest BCUT2D eigenvalue weighted by atomic mass is 10.1. The van der Waals surface area contributed by atoms with Crippen molar-refractivity contribution < 1.29 is 24.2 Å². The molecule has 2 amide bonds. The summed E-state index contributed by atoms with van der Waals surface area (Å²) in [6.07, 6.45) is 0. The van der Waals surface area contributed by atoms with Gasteiger partial charge in [0.15, 0.2) is 0 Å². The maximum atomic E-state index is 12.8. The van der Waals surface area contributed by atoms with E-state index >= 15 is 0 Å². The van der Waals surface area contributed by atoms with Gasteiger partial charge in [-0.05, 0) is 44.0 Å². The molecule has 0 aliphatic heterocycles. The van der Waals surface area contributed by atoms with E-state index < -0.39 is 23.5 Å². The van der Waals surface area contributed by atoms with Crippen LogP contribution in [0.5, 0.6) is 0 Å². The van der Waals surface area contributed by atoms with Gasteiger partial charge in [0, 0.05) is 17.9 Å². The molecule has 0 aliphatic carbocycles. The Labute approximate surface area is 215 Å². The van der Waals surface area contributed by atoms with Gasteiger partial charge in [0.25, 0.3) is 0 Å². The first kappa shape index (κ1) is 28.8. The van der Waals surface area contributed by atoms with Crippen molar-refractivity contribution in [1.29, 1.82) is 5.41 Å². The molecular weight excluding hydrogens is 482 g/mol. The summed E-state index contributed by atoms with van der Waals surface area (Å²) in [4.78, 5) is 36.2. The number of rotatable bonds is 13. The largest absolute Gasteiger partial charge is 0.478 e. The molecule has 7 N–H and O–H groups in total. The predicted octanol–water partition coefficient (Wildman–Crippen LogP) is 2.02. The topological polar surface area (TPSA) is 167 Å². The van der Waals surface area contributed by atoms with Crippen LogP contribution in [0, 0.1) is 5.41 Å². The van der Waals surface area contributed by atoms with Crippen LogP contribution in [0.4, 0.5) is 0 Å². The Bertz CT molecular complexity index is 1070. The third kappa shape index (κ3) is 10.5.